The maximum absolute atomic E-state index is 12.5. The second-order valence-corrected chi connectivity index (χ2v) is 5.19. The van der Waals surface area contributed by atoms with Gasteiger partial charge in [0.25, 0.3) is 0 Å². The molecule has 2 rings (SSSR count). The normalized spacial score (nSPS) is 18.6. The van der Waals surface area contributed by atoms with E-state index in [4.69, 9.17) is 9.84 Å². The third-order valence-electron chi connectivity index (χ3n) is 3.60. The number of carboxylic acid groups (broad SMARTS) is 1. The number of likely N-dealkylation sites (N-methyl/N-ethyl adjacent to an activating group) is 1. The molecule has 108 valence electrons. The van der Waals surface area contributed by atoms with Crippen LogP contribution in [0.25, 0.3) is 0 Å². The van der Waals surface area contributed by atoms with Crippen LogP contribution in [0.4, 0.5) is 0 Å². The topological polar surface area (TPSA) is 66.8 Å². The lowest BCUT2D eigenvalue weighted by atomic mass is 9.91. The number of carboxylic acids is 1. The van der Waals surface area contributed by atoms with Gasteiger partial charge in [-0.25, -0.2) is 0 Å². The highest BCUT2D eigenvalue weighted by molar-refractivity contribution is 5.85. The summed E-state index contributed by atoms with van der Waals surface area (Å²) in [5, 5.41) is 8.92. The van der Waals surface area contributed by atoms with E-state index < -0.39 is 11.9 Å². The van der Waals surface area contributed by atoms with Gasteiger partial charge in [-0.15, -0.1) is 0 Å². The van der Waals surface area contributed by atoms with Crippen molar-refractivity contribution in [3.63, 3.8) is 0 Å². The van der Waals surface area contributed by atoms with E-state index in [9.17, 15) is 9.59 Å². The van der Waals surface area contributed by atoms with Crippen molar-refractivity contribution in [3.05, 3.63) is 29.8 Å². The lowest BCUT2D eigenvalue weighted by molar-refractivity contribution is -0.143. The van der Waals surface area contributed by atoms with Crippen LogP contribution in [0.1, 0.15) is 24.8 Å². The van der Waals surface area contributed by atoms with Crippen LogP contribution in [0.3, 0.4) is 0 Å². The van der Waals surface area contributed by atoms with E-state index in [1.54, 1.807) is 14.0 Å². The molecule has 2 atom stereocenters. The first kappa shape index (κ1) is 14.4. The molecule has 1 aromatic rings. The van der Waals surface area contributed by atoms with Gasteiger partial charge in [0.05, 0.1) is 18.4 Å². The third kappa shape index (κ3) is 2.92. The minimum absolute atomic E-state index is 0.0474. The number of aliphatic carboxylic acids is 1. The SMILES string of the molecule is C[C@@H](CN(C)C(=O)[C@@H]1CCOc2ccccc21)C(=O)O. The quantitative estimate of drug-likeness (QED) is 0.910. The molecular weight excluding hydrogens is 258 g/mol. The zero-order chi connectivity index (χ0) is 14.7. The molecule has 0 saturated carbocycles. The van der Waals surface area contributed by atoms with E-state index in [0.717, 1.165) is 11.3 Å². The number of carbonyl (C=O) groups is 2. The van der Waals surface area contributed by atoms with Crippen molar-refractivity contribution in [2.75, 3.05) is 20.2 Å². The van der Waals surface area contributed by atoms with Gasteiger partial charge in [-0.2, -0.15) is 0 Å². The number of carbonyl (C=O) groups excluding carboxylic acids is 1. The number of rotatable bonds is 4. The number of nitrogens with zero attached hydrogens (tertiary/aromatic N) is 1. The highest BCUT2D eigenvalue weighted by Crippen LogP contribution is 2.34. The highest BCUT2D eigenvalue weighted by Gasteiger charge is 2.30. The van der Waals surface area contributed by atoms with Gasteiger partial charge in [-0.3, -0.25) is 9.59 Å². The molecule has 0 saturated heterocycles. The predicted octanol–water partition coefficient (Wildman–Crippen LogP) is 1.73. The first-order chi connectivity index (χ1) is 9.50. The highest BCUT2D eigenvalue weighted by atomic mass is 16.5. The van der Waals surface area contributed by atoms with Gasteiger partial charge >= 0.3 is 5.97 Å². The van der Waals surface area contributed by atoms with Crippen LogP contribution in [-0.4, -0.2) is 42.1 Å². The standard InChI is InChI=1S/C15H19NO4/c1-10(15(18)19)9-16(2)14(17)12-7-8-20-13-6-4-3-5-11(12)13/h3-6,10,12H,7-9H2,1-2H3,(H,18,19)/t10-,12+/m0/s1. The Balaban J connectivity index is 2.12. The Morgan fingerprint density at radius 1 is 1.45 bits per heavy atom. The Kier molecular flexibility index (Phi) is 4.27. The largest absolute Gasteiger partial charge is 0.493 e. The van der Waals surface area contributed by atoms with Crippen molar-refractivity contribution in [3.8, 4) is 5.75 Å². The number of fused-ring (bicyclic) bond motifs is 1. The predicted molar refractivity (Wildman–Crippen MR) is 73.7 cm³/mol. The zero-order valence-corrected chi connectivity index (χ0v) is 11.7. The summed E-state index contributed by atoms with van der Waals surface area (Å²) in [6.07, 6.45) is 0.627. The van der Waals surface area contributed by atoms with Crippen molar-refractivity contribution >= 4 is 11.9 Å². The summed E-state index contributed by atoms with van der Waals surface area (Å²) in [5.41, 5.74) is 0.888. The zero-order valence-electron chi connectivity index (χ0n) is 11.7. The Morgan fingerprint density at radius 2 is 2.15 bits per heavy atom. The summed E-state index contributed by atoms with van der Waals surface area (Å²) in [7, 11) is 1.65. The van der Waals surface area contributed by atoms with Crippen molar-refractivity contribution in [1.29, 1.82) is 0 Å². The third-order valence-corrected chi connectivity index (χ3v) is 3.60. The lowest BCUT2D eigenvalue weighted by Gasteiger charge is -2.29. The molecule has 20 heavy (non-hydrogen) atoms. The average molecular weight is 277 g/mol. The van der Waals surface area contributed by atoms with Crippen LogP contribution < -0.4 is 4.74 Å². The second-order valence-electron chi connectivity index (χ2n) is 5.19. The molecule has 0 aromatic heterocycles. The monoisotopic (exact) mass is 277 g/mol. The molecule has 1 aliphatic rings. The fourth-order valence-corrected chi connectivity index (χ4v) is 2.44. The molecule has 0 bridgehead atoms. The minimum atomic E-state index is -0.892. The van der Waals surface area contributed by atoms with E-state index in [1.807, 2.05) is 24.3 Å². The average Bonchev–Trinajstić information content (AvgIpc) is 2.45. The summed E-state index contributed by atoms with van der Waals surface area (Å²) in [6, 6.07) is 7.51. The number of amides is 1. The lowest BCUT2D eigenvalue weighted by Crippen LogP contribution is -2.38. The van der Waals surface area contributed by atoms with Crippen LogP contribution in [0, 0.1) is 5.92 Å². The van der Waals surface area contributed by atoms with E-state index >= 15 is 0 Å². The summed E-state index contributed by atoms with van der Waals surface area (Å²) in [5.74, 6) is -1.01. The van der Waals surface area contributed by atoms with Crippen LogP contribution in [0.15, 0.2) is 24.3 Å². The Bertz CT molecular complexity index is 514. The molecule has 5 heteroatoms. The second kappa shape index (κ2) is 5.94. The van der Waals surface area contributed by atoms with Crippen LogP contribution in [0.5, 0.6) is 5.75 Å². The first-order valence-electron chi connectivity index (χ1n) is 6.70. The summed E-state index contributed by atoms with van der Waals surface area (Å²) in [4.78, 5) is 24.9. The molecule has 0 fully saturated rings. The fourth-order valence-electron chi connectivity index (χ4n) is 2.44. The number of benzene rings is 1. The molecule has 1 N–H and O–H groups in total. The molecule has 1 amide bonds. The molecular formula is C15H19NO4. The summed E-state index contributed by atoms with van der Waals surface area (Å²) < 4.78 is 5.54. The summed E-state index contributed by atoms with van der Waals surface area (Å²) >= 11 is 0. The first-order valence-corrected chi connectivity index (χ1v) is 6.70. The summed E-state index contributed by atoms with van der Waals surface area (Å²) in [6.45, 7) is 2.33. The molecule has 0 spiro atoms. The van der Waals surface area contributed by atoms with Gasteiger partial charge in [0, 0.05) is 19.2 Å². The van der Waals surface area contributed by atoms with E-state index in [0.29, 0.717) is 13.0 Å². The van der Waals surface area contributed by atoms with E-state index in [-0.39, 0.29) is 18.4 Å². The van der Waals surface area contributed by atoms with Crippen molar-refractivity contribution in [2.24, 2.45) is 5.92 Å². The maximum atomic E-state index is 12.5. The van der Waals surface area contributed by atoms with Crippen LogP contribution in [-0.2, 0) is 9.59 Å². The van der Waals surface area contributed by atoms with Gasteiger partial charge in [-0.1, -0.05) is 25.1 Å². The van der Waals surface area contributed by atoms with Crippen LogP contribution in [0.2, 0.25) is 0 Å². The van der Waals surface area contributed by atoms with Gasteiger partial charge < -0.3 is 14.7 Å². The molecule has 1 heterocycles. The van der Waals surface area contributed by atoms with Crippen molar-refractivity contribution < 1.29 is 19.4 Å². The van der Waals surface area contributed by atoms with Crippen LogP contribution >= 0.6 is 0 Å². The van der Waals surface area contributed by atoms with Gasteiger partial charge in [0.2, 0.25) is 5.91 Å². The minimum Gasteiger partial charge on any atom is -0.493 e. The maximum Gasteiger partial charge on any atom is 0.308 e. The molecule has 0 unspecified atom stereocenters. The Hall–Kier alpha value is -2.04. The van der Waals surface area contributed by atoms with Gasteiger partial charge in [0.15, 0.2) is 0 Å². The number of para-hydroxylation sites is 1. The van der Waals surface area contributed by atoms with E-state index in [2.05, 4.69) is 0 Å². The molecule has 1 aromatic carbocycles. The smallest absolute Gasteiger partial charge is 0.308 e. The van der Waals surface area contributed by atoms with E-state index in [1.165, 1.54) is 4.90 Å². The number of ether oxygens (including phenoxy) is 1. The van der Waals surface area contributed by atoms with Crippen molar-refractivity contribution in [1.82, 2.24) is 4.90 Å². The van der Waals surface area contributed by atoms with Gasteiger partial charge in [0.1, 0.15) is 5.75 Å². The Morgan fingerprint density at radius 3 is 2.85 bits per heavy atom. The van der Waals surface area contributed by atoms with Gasteiger partial charge in [-0.05, 0) is 12.5 Å². The Labute approximate surface area is 118 Å². The number of hydrogen-bond donors (Lipinski definition) is 1. The molecule has 0 radical (unpaired) electrons. The number of hydrogen-bond acceptors (Lipinski definition) is 3. The fraction of sp³-hybridized carbons (Fsp3) is 0.467. The molecule has 5 nitrogen and oxygen atoms in total. The molecule has 1 aliphatic heterocycles. The molecule has 0 aliphatic carbocycles. The van der Waals surface area contributed by atoms with Crippen molar-refractivity contribution in [2.45, 2.75) is 19.3 Å².